The van der Waals surface area contributed by atoms with Crippen LogP contribution in [0.4, 0.5) is 0 Å². The Labute approximate surface area is 202 Å². The van der Waals surface area contributed by atoms with Gasteiger partial charge in [0.1, 0.15) is 18.1 Å². The third-order valence-corrected chi connectivity index (χ3v) is 8.09. The zero-order valence-corrected chi connectivity index (χ0v) is 19.9. The topological polar surface area (TPSA) is 34.6 Å². The van der Waals surface area contributed by atoms with Crippen molar-refractivity contribution in [2.24, 2.45) is 0 Å². The average Bonchev–Trinajstić information content (AvgIpc) is 3.16. The first kappa shape index (κ1) is 21.4. The first-order valence-corrected chi connectivity index (χ1v) is 12.5. The molecule has 0 bridgehead atoms. The monoisotopic (exact) mass is 452 g/mol. The smallest absolute Gasteiger partial charge is 0.131 e. The quantitative estimate of drug-likeness (QED) is 0.502. The zero-order valence-electron chi connectivity index (χ0n) is 19.9. The van der Waals surface area contributed by atoms with E-state index in [2.05, 4.69) is 52.4 Å². The van der Waals surface area contributed by atoms with Gasteiger partial charge in [-0.2, -0.15) is 0 Å². The number of hydrogen-bond acceptors (Lipinski definition) is 4. The van der Waals surface area contributed by atoms with Gasteiger partial charge in [0, 0.05) is 23.9 Å². The van der Waals surface area contributed by atoms with Gasteiger partial charge in [-0.1, -0.05) is 36.4 Å². The van der Waals surface area contributed by atoms with Crippen molar-refractivity contribution in [3.63, 3.8) is 0 Å². The van der Waals surface area contributed by atoms with E-state index < -0.39 is 0 Å². The molecule has 4 nitrogen and oxygen atoms in total. The third-order valence-electron chi connectivity index (χ3n) is 8.09. The molecule has 0 amide bonds. The number of hydrogen-bond donors (Lipinski definition) is 0. The molecule has 1 saturated heterocycles. The predicted molar refractivity (Wildman–Crippen MR) is 135 cm³/mol. The standard InChI is InChI=1S/C30H32N2O2/c1-33-23-10-11-29-26(20-23)24(25-7-4-16-31-28(25)21-34-29)8-5-17-32-18-14-30(15-19-32)13-12-22-6-2-3-9-27(22)30/h2-4,6-11,16,20H,5,12-15,17-19,21H2,1H3. The average molecular weight is 453 g/mol. The Morgan fingerprint density at radius 2 is 1.91 bits per heavy atom. The van der Waals surface area contributed by atoms with Crippen LogP contribution in [0.3, 0.4) is 0 Å². The second-order valence-corrected chi connectivity index (χ2v) is 9.83. The van der Waals surface area contributed by atoms with Crippen molar-refractivity contribution in [1.82, 2.24) is 9.88 Å². The maximum absolute atomic E-state index is 6.11. The van der Waals surface area contributed by atoms with Gasteiger partial charge in [-0.15, -0.1) is 0 Å². The van der Waals surface area contributed by atoms with E-state index >= 15 is 0 Å². The molecule has 1 fully saturated rings. The largest absolute Gasteiger partial charge is 0.497 e. The fourth-order valence-corrected chi connectivity index (χ4v) is 6.16. The van der Waals surface area contributed by atoms with Crippen LogP contribution >= 0.6 is 0 Å². The second-order valence-electron chi connectivity index (χ2n) is 9.83. The highest BCUT2D eigenvalue weighted by Crippen LogP contribution is 2.46. The molecule has 2 aliphatic heterocycles. The molecule has 4 heteroatoms. The summed E-state index contributed by atoms with van der Waals surface area (Å²) in [6, 6.07) is 19.4. The van der Waals surface area contributed by atoms with Crippen LogP contribution in [0, 0.1) is 0 Å². The molecule has 1 aliphatic carbocycles. The summed E-state index contributed by atoms with van der Waals surface area (Å²) in [4.78, 5) is 7.25. The van der Waals surface area contributed by atoms with Crippen LogP contribution in [-0.2, 0) is 18.4 Å². The lowest BCUT2D eigenvalue weighted by atomic mass is 9.74. The van der Waals surface area contributed by atoms with E-state index in [9.17, 15) is 0 Å². The van der Waals surface area contributed by atoms with Gasteiger partial charge in [0.05, 0.1) is 12.8 Å². The number of benzene rings is 2. The van der Waals surface area contributed by atoms with E-state index in [0.29, 0.717) is 12.0 Å². The summed E-state index contributed by atoms with van der Waals surface area (Å²) in [7, 11) is 1.71. The minimum Gasteiger partial charge on any atom is -0.497 e. The van der Waals surface area contributed by atoms with Crippen molar-refractivity contribution in [2.75, 3.05) is 26.7 Å². The third kappa shape index (κ3) is 3.80. The van der Waals surface area contributed by atoms with Gasteiger partial charge in [0.25, 0.3) is 0 Å². The lowest BCUT2D eigenvalue weighted by Gasteiger charge is -2.40. The molecule has 0 saturated carbocycles. The minimum absolute atomic E-state index is 0.421. The Hall–Kier alpha value is -3.11. The number of aryl methyl sites for hydroxylation is 1. The summed E-state index contributed by atoms with van der Waals surface area (Å²) < 4.78 is 11.6. The SMILES string of the molecule is COc1ccc2c(c1)C(=CCCN1CCC3(CCc4ccccc43)CC1)c1cccnc1CO2. The van der Waals surface area contributed by atoms with Crippen molar-refractivity contribution in [3.05, 3.63) is 94.8 Å². The summed E-state index contributed by atoms with van der Waals surface area (Å²) >= 11 is 0. The van der Waals surface area contributed by atoms with Gasteiger partial charge in [-0.05, 0) is 91.6 Å². The summed E-state index contributed by atoms with van der Waals surface area (Å²) in [6.45, 7) is 3.94. The number of methoxy groups -OCH3 is 1. The molecule has 3 aromatic rings. The molecule has 3 aliphatic rings. The van der Waals surface area contributed by atoms with Crippen molar-refractivity contribution in [3.8, 4) is 11.5 Å². The normalized spacial score (nSPS) is 19.7. The number of likely N-dealkylation sites (tertiary alicyclic amines) is 1. The predicted octanol–water partition coefficient (Wildman–Crippen LogP) is 5.78. The maximum atomic E-state index is 6.11. The molecule has 0 atom stereocenters. The van der Waals surface area contributed by atoms with Crippen LogP contribution in [0.25, 0.3) is 5.57 Å². The fraction of sp³-hybridized carbons (Fsp3) is 0.367. The van der Waals surface area contributed by atoms with Gasteiger partial charge in [0.15, 0.2) is 0 Å². The first-order chi connectivity index (χ1) is 16.8. The van der Waals surface area contributed by atoms with Crippen molar-refractivity contribution in [2.45, 2.75) is 44.1 Å². The number of piperidine rings is 1. The summed E-state index contributed by atoms with van der Waals surface area (Å²) in [5.41, 5.74) is 8.07. The van der Waals surface area contributed by atoms with Crippen molar-refractivity contribution in [1.29, 1.82) is 0 Å². The highest BCUT2D eigenvalue weighted by molar-refractivity contribution is 5.85. The molecule has 0 radical (unpaired) electrons. The number of rotatable bonds is 4. The van der Waals surface area contributed by atoms with Gasteiger partial charge >= 0.3 is 0 Å². The van der Waals surface area contributed by atoms with E-state index in [-0.39, 0.29) is 0 Å². The molecule has 0 N–H and O–H groups in total. The van der Waals surface area contributed by atoms with Crippen LogP contribution in [-0.4, -0.2) is 36.6 Å². The summed E-state index contributed by atoms with van der Waals surface area (Å²) in [6.07, 6.45) is 10.4. The summed E-state index contributed by atoms with van der Waals surface area (Å²) in [5, 5.41) is 0. The maximum Gasteiger partial charge on any atom is 0.131 e. The van der Waals surface area contributed by atoms with Crippen LogP contribution in [0.15, 0.2) is 66.9 Å². The molecular formula is C30H32N2O2. The lowest BCUT2D eigenvalue weighted by Crippen LogP contribution is -2.41. The van der Waals surface area contributed by atoms with Crippen molar-refractivity contribution < 1.29 is 9.47 Å². The van der Waals surface area contributed by atoms with E-state index in [0.717, 1.165) is 41.3 Å². The molecule has 34 heavy (non-hydrogen) atoms. The number of aromatic nitrogens is 1. The Morgan fingerprint density at radius 3 is 2.79 bits per heavy atom. The number of nitrogens with zero attached hydrogens (tertiary/aromatic N) is 2. The minimum atomic E-state index is 0.421. The molecule has 1 spiro atoms. The molecule has 0 unspecified atom stereocenters. The Balaban J connectivity index is 1.20. The van der Waals surface area contributed by atoms with Gasteiger partial charge in [-0.3, -0.25) is 4.98 Å². The van der Waals surface area contributed by atoms with E-state index in [4.69, 9.17) is 9.47 Å². The van der Waals surface area contributed by atoms with E-state index in [1.165, 1.54) is 44.3 Å². The molecule has 6 rings (SSSR count). The van der Waals surface area contributed by atoms with Crippen LogP contribution < -0.4 is 9.47 Å². The van der Waals surface area contributed by atoms with E-state index in [1.807, 2.05) is 24.4 Å². The van der Waals surface area contributed by atoms with Crippen molar-refractivity contribution >= 4 is 5.57 Å². The Morgan fingerprint density at radius 1 is 1.03 bits per heavy atom. The molecule has 1 aromatic heterocycles. The van der Waals surface area contributed by atoms with Crippen LogP contribution in [0.2, 0.25) is 0 Å². The van der Waals surface area contributed by atoms with Crippen LogP contribution in [0.1, 0.15) is 53.6 Å². The van der Waals surface area contributed by atoms with Gasteiger partial charge in [-0.25, -0.2) is 0 Å². The molecule has 174 valence electrons. The molecule has 3 heterocycles. The van der Waals surface area contributed by atoms with Gasteiger partial charge < -0.3 is 14.4 Å². The lowest BCUT2D eigenvalue weighted by molar-refractivity contribution is 0.161. The Kier molecular flexibility index (Phi) is 5.62. The zero-order chi connectivity index (χ0) is 23.0. The number of ether oxygens (including phenoxy) is 2. The number of fused-ring (bicyclic) bond motifs is 4. The highest BCUT2D eigenvalue weighted by Gasteiger charge is 2.40. The van der Waals surface area contributed by atoms with Gasteiger partial charge in [0.2, 0.25) is 0 Å². The van der Waals surface area contributed by atoms with E-state index in [1.54, 1.807) is 18.2 Å². The molecular weight excluding hydrogens is 420 g/mol. The summed E-state index contributed by atoms with van der Waals surface area (Å²) in [5.74, 6) is 1.74. The Bertz CT molecular complexity index is 1220. The first-order valence-electron chi connectivity index (χ1n) is 12.5. The fourth-order valence-electron chi connectivity index (χ4n) is 6.16. The highest BCUT2D eigenvalue weighted by atomic mass is 16.5. The molecule has 2 aromatic carbocycles. The second kappa shape index (κ2) is 8.92. The van der Waals surface area contributed by atoms with Crippen LogP contribution in [0.5, 0.6) is 11.5 Å². The number of pyridine rings is 1.